The van der Waals surface area contributed by atoms with E-state index in [0.717, 1.165) is 28.3 Å². The number of benzene rings is 3. The molecule has 2 amide bonds. The molecule has 11 heteroatoms. The molecule has 0 unspecified atom stereocenters. The van der Waals surface area contributed by atoms with Gasteiger partial charge in [0.2, 0.25) is 0 Å². The second-order valence-electron chi connectivity index (χ2n) is 7.56. The van der Waals surface area contributed by atoms with E-state index in [2.05, 4.69) is 15.9 Å². The molecule has 4 rings (SSSR count). The van der Waals surface area contributed by atoms with Gasteiger partial charge in [-0.15, -0.1) is 0 Å². The number of thioether (sulfide) groups is 1. The minimum Gasteiger partial charge on any atom is -0.493 e. The quantitative estimate of drug-likeness (QED) is 0.245. The summed E-state index contributed by atoms with van der Waals surface area (Å²) in [5, 5.41) is 0.698. The van der Waals surface area contributed by atoms with Crippen LogP contribution < -0.4 is 9.47 Å². The topological polar surface area (TPSA) is 55.8 Å². The summed E-state index contributed by atoms with van der Waals surface area (Å²) in [5.74, 6) is -0.114. The van der Waals surface area contributed by atoms with Crippen LogP contribution in [0, 0.1) is 5.82 Å². The van der Waals surface area contributed by atoms with Gasteiger partial charge >= 0.3 is 0 Å². The van der Waals surface area contributed by atoms with Crippen molar-refractivity contribution in [3.8, 4) is 11.5 Å². The number of amides is 2. The van der Waals surface area contributed by atoms with E-state index in [4.69, 9.17) is 44.3 Å². The normalized spacial score (nSPS) is 14.6. The maximum absolute atomic E-state index is 13.3. The number of ether oxygens (including phenoxy) is 2. The Bertz CT molecular complexity index is 1400. The van der Waals surface area contributed by atoms with Crippen molar-refractivity contribution in [2.24, 2.45) is 0 Å². The van der Waals surface area contributed by atoms with E-state index >= 15 is 0 Å². The maximum atomic E-state index is 13.3. The Morgan fingerprint density at radius 2 is 1.75 bits per heavy atom. The average Bonchev–Trinajstić information content (AvgIpc) is 3.08. The molecule has 1 aliphatic heterocycles. The van der Waals surface area contributed by atoms with Gasteiger partial charge in [-0.1, -0.05) is 46.9 Å². The molecule has 3 aromatic carbocycles. The number of rotatable bonds is 7. The van der Waals surface area contributed by atoms with Crippen LogP contribution in [0.4, 0.5) is 9.18 Å². The van der Waals surface area contributed by atoms with E-state index in [0.29, 0.717) is 37.1 Å². The van der Waals surface area contributed by atoms with E-state index in [9.17, 15) is 14.0 Å². The van der Waals surface area contributed by atoms with Crippen LogP contribution in [0.5, 0.6) is 11.5 Å². The maximum Gasteiger partial charge on any atom is 0.293 e. The third-order valence-electron chi connectivity index (χ3n) is 5.15. The number of hydrogen-bond acceptors (Lipinski definition) is 5. The molecule has 0 saturated carbocycles. The predicted octanol–water partition coefficient (Wildman–Crippen LogP) is 8.37. The molecule has 5 nitrogen and oxygen atoms in total. The van der Waals surface area contributed by atoms with E-state index in [1.807, 2.05) is 0 Å². The van der Waals surface area contributed by atoms with Crippen molar-refractivity contribution in [3.05, 3.63) is 95.5 Å². The number of hydrogen-bond donors (Lipinski definition) is 0. The summed E-state index contributed by atoms with van der Waals surface area (Å²) >= 11 is 22.5. The van der Waals surface area contributed by atoms with Crippen molar-refractivity contribution in [2.45, 2.75) is 13.2 Å². The van der Waals surface area contributed by atoms with Gasteiger partial charge in [0, 0.05) is 20.6 Å². The molecule has 0 spiro atoms. The summed E-state index contributed by atoms with van der Waals surface area (Å²) in [4.78, 5) is 26.7. The summed E-state index contributed by atoms with van der Waals surface area (Å²) < 4.78 is 25.3. The molecular weight excluding hydrogens is 616 g/mol. The molecule has 0 N–H and O–H groups in total. The van der Waals surface area contributed by atoms with Crippen molar-refractivity contribution in [1.29, 1.82) is 0 Å². The smallest absolute Gasteiger partial charge is 0.293 e. The van der Waals surface area contributed by atoms with Gasteiger partial charge < -0.3 is 9.47 Å². The molecule has 3 aromatic rings. The van der Waals surface area contributed by atoms with Gasteiger partial charge in [0.1, 0.15) is 12.4 Å². The van der Waals surface area contributed by atoms with Gasteiger partial charge in [-0.3, -0.25) is 14.5 Å². The third kappa shape index (κ3) is 6.01. The fourth-order valence-corrected chi connectivity index (χ4v) is 5.46. The van der Waals surface area contributed by atoms with Crippen LogP contribution in [0.2, 0.25) is 15.1 Å². The van der Waals surface area contributed by atoms with Crippen LogP contribution in [0.25, 0.3) is 6.08 Å². The highest BCUT2D eigenvalue weighted by Gasteiger charge is 2.35. The van der Waals surface area contributed by atoms with E-state index in [1.165, 1.54) is 19.2 Å². The zero-order valence-corrected chi connectivity index (χ0v) is 23.2. The monoisotopic (exact) mass is 629 g/mol. The standard InChI is InChI=1S/C25H16BrCl3FNO4S/c1-34-21-7-13(6-18(26)23(21)35-12-15-2-4-16(27)9-19(15)28)8-22-24(32)31(25(33)36-22)11-14-3-5-17(30)10-20(14)29/h2-10H,11-12H2,1H3/b22-8+. The Morgan fingerprint density at radius 3 is 2.44 bits per heavy atom. The average molecular weight is 632 g/mol. The lowest BCUT2D eigenvalue weighted by atomic mass is 10.1. The van der Waals surface area contributed by atoms with E-state index in [1.54, 1.807) is 36.4 Å². The lowest BCUT2D eigenvalue weighted by Gasteiger charge is -2.15. The Labute approximate surface area is 234 Å². The molecule has 186 valence electrons. The van der Waals surface area contributed by atoms with Gasteiger partial charge in [0.15, 0.2) is 11.5 Å². The highest BCUT2D eigenvalue weighted by molar-refractivity contribution is 9.10. The molecule has 0 aliphatic carbocycles. The number of imide groups is 1. The second-order valence-corrected chi connectivity index (χ2v) is 10.7. The van der Waals surface area contributed by atoms with Crippen molar-refractivity contribution in [2.75, 3.05) is 7.11 Å². The second kappa shape index (κ2) is 11.4. The van der Waals surface area contributed by atoms with E-state index < -0.39 is 17.0 Å². The van der Waals surface area contributed by atoms with Crippen LogP contribution in [0.1, 0.15) is 16.7 Å². The number of nitrogens with zero attached hydrogens (tertiary/aromatic N) is 1. The number of halogens is 5. The Morgan fingerprint density at radius 1 is 1.03 bits per heavy atom. The molecule has 0 radical (unpaired) electrons. The summed E-state index contributed by atoms with van der Waals surface area (Å²) in [6.45, 7) is 0.114. The summed E-state index contributed by atoms with van der Waals surface area (Å²) in [7, 11) is 1.49. The molecule has 0 bridgehead atoms. The molecule has 0 aromatic heterocycles. The van der Waals surface area contributed by atoms with Gasteiger partial charge in [-0.25, -0.2) is 4.39 Å². The first-order valence-corrected chi connectivity index (χ1v) is 13.0. The van der Waals surface area contributed by atoms with Crippen molar-refractivity contribution in [1.82, 2.24) is 4.90 Å². The van der Waals surface area contributed by atoms with Gasteiger partial charge in [-0.05, 0) is 81.3 Å². The van der Waals surface area contributed by atoms with Crippen LogP contribution >= 0.6 is 62.5 Å². The first kappa shape index (κ1) is 26.8. The van der Waals surface area contributed by atoms with E-state index in [-0.39, 0.29) is 23.1 Å². The highest BCUT2D eigenvalue weighted by atomic mass is 79.9. The number of methoxy groups -OCH3 is 1. The lowest BCUT2D eigenvalue weighted by Crippen LogP contribution is -2.27. The number of carbonyl (C=O) groups is 2. The zero-order valence-electron chi connectivity index (χ0n) is 18.5. The highest BCUT2D eigenvalue weighted by Crippen LogP contribution is 2.40. The summed E-state index contributed by atoms with van der Waals surface area (Å²) in [6.07, 6.45) is 1.59. The largest absolute Gasteiger partial charge is 0.493 e. The van der Waals surface area contributed by atoms with Crippen LogP contribution in [0.15, 0.2) is 57.9 Å². The molecule has 1 aliphatic rings. The van der Waals surface area contributed by atoms with Crippen molar-refractivity contribution in [3.63, 3.8) is 0 Å². The molecule has 0 atom stereocenters. The number of carbonyl (C=O) groups excluding carboxylic acids is 2. The molecular formula is C25H16BrCl3FNO4S. The van der Waals surface area contributed by atoms with Gasteiger partial charge in [-0.2, -0.15) is 0 Å². The van der Waals surface area contributed by atoms with Crippen LogP contribution in [-0.2, 0) is 17.9 Å². The zero-order chi connectivity index (χ0) is 26.0. The van der Waals surface area contributed by atoms with Crippen molar-refractivity contribution >= 4 is 79.7 Å². The van der Waals surface area contributed by atoms with Crippen molar-refractivity contribution < 1.29 is 23.5 Å². The first-order valence-electron chi connectivity index (χ1n) is 10.3. The molecule has 36 heavy (non-hydrogen) atoms. The van der Waals surface area contributed by atoms with Gasteiger partial charge in [0.05, 0.1) is 23.0 Å². The Kier molecular flexibility index (Phi) is 8.52. The van der Waals surface area contributed by atoms with Crippen LogP contribution in [-0.4, -0.2) is 23.2 Å². The third-order valence-corrected chi connectivity index (χ3v) is 7.59. The summed E-state index contributed by atoms with van der Waals surface area (Å²) in [5.41, 5.74) is 1.82. The predicted molar refractivity (Wildman–Crippen MR) is 144 cm³/mol. The van der Waals surface area contributed by atoms with Crippen LogP contribution in [0.3, 0.4) is 0 Å². The molecule has 1 fully saturated rings. The SMILES string of the molecule is COc1cc(/C=C2/SC(=O)N(Cc3ccc(F)cc3Cl)C2=O)cc(Br)c1OCc1ccc(Cl)cc1Cl. The summed E-state index contributed by atoms with van der Waals surface area (Å²) in [6, 6.07) is 12.4. The molecule has 1 heterocycles. The fourth-order valence-electron chi connectivity index (χ4n) is 3.36. The molecule has 1 saturated heterocycles. The van der Waals surface area contributed by atoms with Gasteiger partial charge in [0.25, 0.3) is 11.1 Å². The minimum atomic E-state index is -0.499. The first-order chi connectivity index (χ1) is 17.2. The minimum absolute atomic E-state index is 0.0613. The Balaban J connectivity index is 1.54. The fraction of sp³-hybridized carbons (Fsp3) is 0.120. The lowest BCUT2D eigenvalue weighted by molar-refractivity contribution is -0.123. The Hall–Kier alpha value is -2.23.